The first kappa shape index (κ1) is 18.6. The van der Waals surface area contributed by atoms with Gasteiger partial charge in [0.2, 0.25) is 5.95 Å². The summed E-state index contributed by atoms with van der Waals surface area (Å²) in [6.07, 6.45) is 1.10. The van der Waals surface area contributed by atoms with Gasteiger partial charge in [-0.15, -0.1) is 0 Å². The molecule has 1 unspecified atom stereocenters. The Morgan fingerprint density at radius 1 is 1.00 bits per heavy atom. The van der Waals surface area contributed by atoms with E-state index in [9.17, 15) is 0 Å². The Balaban J connectivity index is 1.43. The highest BCUT2D eigenvalue weighted by molar-refractivity contribution is 5.48. The van der Waals surface area contributed by atoms with E-state index < -0.39 is 0 Å². The summed E-state index contributed by atoms with van der Waals surface area (Å²) in [5, 5.41) is 3.44. The third kappa shape index (κ3) is 5.18. The van der Waals surface area contributed by atoms with E-state index >= 15 is 0 Å². The zero-order valence-electron chi connectivity index (χ0n) is 16.5. The van der Waals surface area contributed by atoms with Gasteiger partial charge in [0, 0.05) is 55.8 Å². The Kier molecular flexibility index (Phi) is 6.09. The van der Waals surface area contributed by atoms with Crippen LogP contribution in [0.5, 0.6) is 0 Å². The van der Waals surface area contributed by atoms with Crippen LogP contribution in [0.1, 0.15) is 30.3 Å². The Hall–Kier alpha value is -2.14. The van der Waals surface area contributed by atoms with Crippen LogP contribution in [-0.2, 0) is 0 Å². The maximum absolute atomic E-state index is 4.48. The molecule has 1 saturated heterocycles. The zero-order chi connectivity index (χ0) is 18.5. The van der Waals surface area contributed by atoms with E-state index in [1.807, 2.05) is 19.9 Å². The van der Waals surface area contributed by atoms with Gasteiger partial charge < -0.3 is 10.2 Å². The first-order valence-corrected chi connectivity index (χ1v) is 9.62. The topological polar surface area (TPSA) is 44.3 Å². The number of nitrogens with zero attached hydrogens (tertiary/aromatic N) is 4. The Bertz CT molecular complexity index is 702. The standard InChI is InChI=1S/C21H31N5/c1-16-6-5-7-20(14-16)26-12-10-25(11-13-26)9-8-17(2)22-21-23-18(3)15-19(4)24-21/h5-7,14-15,17H,8-13H2,1-4H3,(H,22,23,24). The second-order valence-electron chi connectivity index (χ2n) is 7.48. The predicted molar refractivity (Wildman–Crippen MR) is 109 cm³/mol. The van der Waals surface area contributed by atoms with Crippen LogP contribution in [-0.4, -0.2) is 53.6 Å². The first-order chi connectivity index (χ1) is 12.5. The van der Waals surface area contributed by atoms with Crippen LogP contribution in [0.15, 0.2) is 30.3 Å². The molecule has 1 aliphatic rings. The van der Waals surface area contributed by atoms with Crippen molar-refractivity contribution in [2.24, 2.45) is 0 Å². The summed E-state index contributed by atoms with van der Waals surface area (Å²) < 4.78 is 0. The molecule has 2 heterocycles. The first-order valence-electron chi connectivity index (χ1n) is 9.62. The summed E-state index contributed by atoms with van der Waals surface area (Å²) in [7, 11) is 0. The summed E-state index contributed by atoms with van der Waals surface area (Å²) in [6, 6.07) is 11.2. The van der Waals surface area contributed by atoms with Crippen molar-refractivity contribution >= 4 is 11.6 Å². The SMILES string of the molecule is Cc1cccc(N2CCN(CCC(C)Nc3nc(C)cc(C)n3)CC2)c1. The number of anilines is 2. The van der Waals surface area contributed by atoms with Gasteiger partial charge in [0.05, 0.1) is 0 Å². The number of hydrogen-bond acceptors (Lipinski definition) is 5. The molecule has 1 aromatic carbocycles. The minimum absolute atomic E-state index is 0.367. The summed E-state index contributed by atoms with van der Waals surface area (Å²) >= 11 is 0. The fourth-order valence-electron chi connectivity index (χ4n) is 3.51. The molecular weight excluding hydrogens is 322 g/mol. The van der Waals surface area contributed by atoms with Crippen LogP contribution in [0.25, 0.3) is 0 Å². The molecule has 5 heteroatoms. The average Bonchev–Trinajstić information content (AvgIpc) is 2.59. The monoisotopic (exact) mass is 353 g/mol. The zero-order valence-corrected chi connectivity index (χ0v) is 16.5. The highest BCUT2D eigenvalue weighted by atomic mass is 15.3. The van der Waals surface area contributed by atoms with Gasteiger partial charge in [0.1, 0.15) is 0 Å². The molecular formula is C21H31N5. The van der Waals surface area contributed by atoms with Crippen molar-refractivity contribution in [3.8, 4) is 0 Å². The van der Waals surface area contributed by atoms with Crippen molar-refractivity contribution in [1.29, 1.82) is 0 Å². The van der Waals surface area contributed by atoms with Gasteiger partial charge in [-0.05, 0) is 57.9 Å². The van der Waals surface area contributed by atoms with Crippen molar-refractivity contribution in [1.82, 2.24) is 14.9 Å². The lowest BCUT2D eigenvalue weighted by Crippen LogP contribution is -2.47. The maximum atomic E-state index is 4.48. The largest absolute Gasteiger partial charge is 0.369 e. The fourth-order valence-corrected chi connectivity index (χ4v) is 3.51. The molecule has 1 N–H and O–H groups in total. The molecule has 1 aliphatic heterocycles. The molecule has 1 aromatic heterocycles. The van der Waals surface area contributed by atoms with Crippen molar-refractivity contribution in [3.05, 3.63) is 47.3 Å². The van der Waals surface area contributed by atoms with Gasteiger partial charge in [0.15, 0.2) is 0 Å². The highest BCUT2D eigenvalue weighted by Gasteiger charge is 2.18. The molecule has 1 fully saturated rings. The molecule has 3 rings (SSSR count). The Labute approximate surface area is 157 Å². The van der Waals surface area contributed by atoms with E-state index in [0.717, 1.165) is 56.5 Å². The molecule has 0 bridgehead atoms. The molecule has 26 heavy (non-hydrogen) atoms. The molecule has 1 atom stereocenters. The fraction of sp³-hybridized carbons (Fsp3) is 0.524. The lowest BCUT2D eigenvalue weighted by Gasteiger charge is -2.36. The molecule has 0 radical (unpaired) electrons. The van der Waals surface area contributed by atoms with Gasteiger partial charge in [-0.1, -0.05) is 12.1 Å². The van der Waals surface area contributed by atoms with Gasteiger partial charge in [-0.25, -0.2) is 9.97 Å². The van der Waals surface area contributed by atoms with Gasteiger partial charge in [-0.2, -0.15) is 0 Å². The number of aryl methyl sites for hydroxylation is 3. The molecule has 0 spiro atoms. The predicted octanol–water partition coefficient (Wildman–Crippen LogP) is 3.41. The van der Waals surface area contributed by atoms with Crippen LogP contribution in [0.3, 0.4) is 0 Å². The van der Waals surface area contributed by atoms with Crippen molar-refractivity contribution < 1.29 is 0 Å². The van der Waals surface area contributed by atoms with Crippen LogP contribution >= 0.6 is 0 Å². The van der Waals surface area contributed by atoms with Gasteiger partial charge >= 0.3 is 0 Å². The van der Waals surface area contributed by atoms with E-state index in [-0.39, 0.29) is 0 Å². The van der Waals surface area contributed by atoms with Crippen LogP contribution < -0.4 is 10.2 Å². The minimum Gasteiger partial charge on any atom is -0.369 e. The van der Waals surface area contributed by atoms with E-state index in [4.69, 9.17) is 0 Å². The van der Waals surface area contributed by atoms with Crippen molar-refractivity contribution in [3.63, 3.8) is 0 Å². The smallest absolute Gasteiger partial charge is 0.223 e. The number of nitrogens with one attached hydrogen (secondary N) is 1. The molecule has 140 valence electrons. The maximum Gasteiger partial charge on any atom is 0.223 e. The third-order valence-electron chi connectivity index (χ3n) is 4.98. The van der Waals surface area contributed by atoms with Gasteiger partial charge in [0.25, 0.3) is 0 Å². The van der Waals surface area contributed by atoms with E-state index in [2.05, 4.69) is 63.2 Å². The summed E-state index contributed by atoms with van der Waals surface area (Å²) in [6.45, 7) is 14.0. The van der Waals surface area contributed by atoms with E-state index in [1.54, 1.807) is 0 Å². The van der Waals surface area contributed by atoms with E-state index in [1.165, 1.54) is 11.3 Å². The van der Waals surface area contributed by atoms with Crippen LogP contribution in [0.4, 0.5) is 11.6 Å². The second-order valence-corrected chi connectivity index (χ2v) is 7.48. The van der Waals surface area contributed by atoms with Gasteiger partial charge in [-0.3, -0.25) is 4.90 Å². The van der Waals surface area contributed by atoms with E-state index in [0.29, 0.717) is 6.04 Å². The minimum atomic E-state index is 0.367. The summed E-state index contributed by atoms with van der Waals surface area (Å²) in [5.41, 5.74) is 4.71. The molecule has 0 saturated carbocycles. The number of benzene rings is 1. The Morgan fingerprint density at radius 2 is 1.69 bits per heavy atom. The lowest BCUT2D eigenvalue weighted by atomic mass is 10.1. The van der Waals surface area contributed by atoms with Crippen molar-refractivity contribution in [2.75, 3.05) is 42.9 Å². The average molecular weight is 354 g/mol. The third-order valence-corrected chi connectivity index (χ3v) is 4.98. The quantitative estimate of drug-likeness (QED) is 0.862. The highest BCUT2D eigenvalue weighted by Crippen LogP contribution is 2.18. The summed E-state index contributed by atoms with van der Waals surface area (Å²) in [4.78, 5) is 14.0. The molecule has 0 aliphatic carbocycles. The second kappa shape index (κ2) is 8.49. The number of hydrogen-bond donors (Lipinski definition) is 1. The number of rotatable bonds is 6. The van der Waals surface area contributed by atoms with Crippen LogP contribution in [0, 0.1) is 20.8 Å². The number of aromatic nitrogens is 2. The molecule has 0 amide bonds. The van der Waals surface area contributed by atoms with Crippen LogP contribution in [0.2, 0.25) is 0 Å². The van der Waals surface area contributed by atoms with Crippen molar-refractivity contribution in [2.45, 2.75) is 40.2 Å². The molecule has 5 nitrogen and oxygen atoms in total. The lowest BCUT2D eigenvalue weighted by molar-refractivity contribution is 0.251. The number of piperazine rings is 1. The molecule has 2 aromatic rings. The Morgan fingerprint density at radius 3 is 2.35 bits per heavy atom. The normalized spacial score (nSPS) is 16.5. The summed E-state index contributed by atoms with van der Waals surface area (Å²) in [5.74, 6) is 0.749.